The first kappa shape index (κ1) is 20.4. The van der Waals surface area contributed by atoms with E-state index in [0.717, 1.165) is 0 Å². The number of pyridine rings is 1. The van der Waals surface area contributed by atoms with Gasteiger partial charge in [-0.15, -0.1) is 0 Å². The van der Waals surface area contributed by atoms with Crippen molar-refractivity contribution in [3.8, 4) is 5.69 Å². The summed E-state index contributed by atoms with van der Waals surface area (Å²) >= 11 is 6.04. The van der Waals surface area contributed by atoms with Crippen LogP contribution in [0.1, 0.15) is 18.5 Å². The molecule has 2 aromatic heterocycles. The van der Waals surface area contributed by atoms with Crippen molar-refractivity contribution in [3.05, 3.63) is 59.5 Å². The average Bonchev–Trinajstić information content (AvgIpc) is 3.33. The van der Waals surface area contributed by atoms with Crippen molar-refractivity contribution in [2.75, 3.05) is 11.4 Å². The zero-order chi connectivity index (χ0) is 21.5. The highest BCUT2D eigenvalue weighted by Gasteiger charge is 2.39. The Labute approximate surface area is 178 Å². The number of nitrogens with zero attached hydrogens (tertiary/aromatic N) is 4. The minimum atomic E-state index is -3.95. The van der Waals surface area contributed by atoms with E-state index in [1.807, 2.05) is 0 Å². The van der Waals surface area contributed by atoms with E-state index in [0.29, 0.717) is 25.1 Å². The number of halogens is 1. The Kier molecular flexibility index (Phi) is 5.25. The number of carboxylic acid groups (broad SMARTS) is 1. The highest BCUT2D eigenvalue weighted by Crippen LogP contribution is 2.38. The molecule has 4 rings (SSSR count). The van der Waals surface area contributed by atoms with E-state index in [9.17, 15) is 18.3 Å². The molecule has 1 N–H and O–H groups in total. The van der Waals surface area contributed by atoms with Gasteiger partial charge < -0.3 is 10.0 Å². The Morgan fingerprint density at radius 1 is 1.23 bits per heavy atom. The topological polar surface area (TPSA) is 105 Å². The maximum atomic E-state index is 13.6. The summed E-state index contributed by atoms with van der Waals surface area (Å²) in [6.45, 7) is 2.00. The summed E-state index contributed by atoms with van der Waals surface area (Å²) in [6.07, 6.45) is 2.53. The van der Waals surface area contributed by atoms with Gasteiger partial charge in [-0.25, -0.2) is 22.9 Å². The molecule has 0 radical (unpaired) electrons. The number of aryl methyl sites for hydroxylation is 1. The first-order valence-corrected chi connectivity index (χ1v) is 11.2. The first-order valence-electron chi connectivity index (χ1n) is 9.32. The number of rotatable bonds is 5. The van der Waals surface area contributed by atoms with Gasteiger partial charge in [-0.1, -0.05) is 29.8 Å². The van der Waals surface area contributed by atoms with Crippen LogP contribution in [0, 0.1) is 6.92 Å². The highest BCUT2D eigenvalue weighted by atomic mass is 35.5. The van der Waals surface area contributed by atoms with Gasteiger partial charge in [-0.05, 0) is 38.0 Å². The van der Waals surface area contributed by atoms with Gasteiger partial charge in [-0.3, -0.25) is 0 Å². The molecule has 1 fully saturated rings. The molecule has 3 aromatic rings. The largest absolute Gasteiger partial charge is 0.480 e. The van der Waals surface area contributed by atoms with Crippen molar-refractivity contribution in [1.82, 2.24) is 14.8 Å². The van der Waals surface area contributed by atoms with Crippen LogP contribution in [0.4, 0.5) is 5.82 Å². The molecule has 1 saturated heterocycles. The Bertz CT molecular complexity index is 1210. The molecule has 1 aliphatic heterocycles. The van der Waals surface area contributed by atoms with Crippen molar-refractivity contribution >= 4 is 33.2 Å². The van der Waals surface area contributed by atoms with Gasteiger partial charge in [-0.2, -0.15) is 5.10 Å². The zero-order valence-electron chi connectivity index (χ0n) is 16.1. The van der Waals surface area contributed by atoms with Crippen LogP contribution in [0.3, 0.4) is 0 Å². The monoisotopic (exact) mass is 446 g/mol. The number of benzene rings is 1. The summed E-state index contributed by atoms with van der Waals surface area (Å²) < 4.78 is 28.6. The second kappa shape index (κ2) is 7.73. The van der Waals surface area contributed by atoms with Crippen LogP contribution < -0.4 is 4.90 Å². The normalized spacial score (nSPS) is 16.7. The third-order valence-corrected chi connectivity index (χ3v) is 7.18. The molecular formula is C20H19ClN4O4S. The molecule has 1 unspecified atom stereocenters. The highest BCUT2D eigenvalue weighted by molar-refractivity contribution is 7.91. The summed E-state index contributed by atoms with van der Waals surface area (Å²) in [7, 11) is -3.95. The molecular weight excluding hydrogens is 428 g/mol. The minimum absolute atomic E-state index is 0.00483. The van der Waals surface area contributed by atoms with Crippen molar-refractivity contribution in [3.63, 3.8) is 0 Å². The van der Waals surface area contributed by atoms with Crippen molar-refractivity contribution in [2.24, 2.45) is 0 Å². The van der Waals surface area contributed by atoms with E-state index in [4.69, 9.17) is 11.6 Å². The fourth-order valence-corrected chi connectivity index (χ4v) is 5.56. The fraction of sp³-hybridized carbons (Fsp3) is 0.250. The third-order valence-electron chi connectivity index (χ3n) is 5.07. The molecule has 0 saturated carbocycles. The lowest BCUT2D eigenvalue weighted by Gasteiger charge is -2.25. The Morgan fingerprint density at radius 3 is 2.63 bits per heavy atom. The predicted molar refractivity (Wildman–Crippen MR) is 111 cm³/mol. The molecule has 3 heterocycles. The molecule has 0 aliphatic carbocycles. The molecule has 0 amide bonds. The number of carboxylic acids is 1. The van der Waals surface area contributed by atoms with Crippen LogP contribution in [0.15, 0.2) is 58.5 Å². The Hall–Kier alpha value is -2.91. The van der Waals surface area contributed by atoms with E-state index in [-0.39, 0.29) is 26.5 Å². The van der Waals surface area contributed by atoms with Crippen LogP contribution in [0.5, 0.6) is 0 Å². The van der Waals surface area contributed by atoms with Crippen LogP contribution in [0.25, 0.3) is 5.69 Å². The number of sulfone groups is 1. The number of aromatic nitrogens is 3. The standard InChI is InChI=1S/C20H19ClN4O4S/c1-13-18(30(28,29)15-6-3-2-4-7-15)19(24-11-5-8-16(24)20(26)27)25(23-13)14-9-10-22-17(21)12-14/h2-4,6-7,9-10,12,16H,5,8,11H2,1H3,(H,26,27). The molecule has 10 heteroatoms. The van der Waals surface area contributed by atoms with Gasteiger partial charge in [0.25, 0.3) is 0 Å². The van der Waals surface area contributed by atoms with Crippen LogP contribution >= 0.6 is 11.6 Å². The Morgan fingerprint density at radius 2 is 1.97 bits per heavy atom. The SMILES string of the molecule is Cc1nn(-c2ccnc(Cl)c2)c(N2CCCC2C(=O)O)c1S(=O)(=O)c1ccccc1. The summed E-state index contributed by atoms with van der Waals surface area (Å²) in [4.78, 5) is 17.5. The van der Waals surface area contributed by atoms with E-state index in [1.165, 1.54) is 23.0 Å². The van der Waals surface area contributed by atoms with Crippen molar-refractivity contribution in [1.29, 1.82) is 0 Å². The van der Waals surface area contributed by atoms with Gasteiger partial charge in [0.1, 0.15) is 16.1 Å². The maximum Gasteiger partial charge on any atom is 0.326 e. The predicted octanol–water partition coefficient (Wildman–Crippen LogP) is 3.12. The van der Waals surface area contributed by atoms with E-state index in [2.05, 4.69) is 10.1 Å². The molecule has 30 heavy (non-hydrogen) atoms. The first-order chi connectivity index (χ1) is 14.3. The third kappa shape index (κ3) is 3.44. The molecule has 0 bridgehead atoms. The smallest absolute Gasteiger partial charge is 0.326 e. The van der Waals surface area contributed by atoms with Crippen LogP contribution in [0.2, 0.25) is 5.15 Å². The van der Waals surface area contributed by atoms with Crippen molar-refractivity contribution < 1.29 is 18.3 Å². The second-order valence-corrected chi connectivity index (χ2v) is 9.27. The minimum Gasteiger partial charge on any atom is -0.480 e. The lowest BCUT2D eigenvalue weighted by atomic mass is 10.2. The molecule has 1 aromatic carbocycles. The number of aliphatic carboxylic acids is 1. The summed E-state index contributed by atoms with van der Waals surface area (Å²) in [5, 5.41) is 14.4. The van der Waals surface area contributed by atoms with E-state index >= 15 is 0 Å². The molecule has 0 spiro atoms. The number of hydrogen-bond acceptors (Lipinski definition) is 6. The lowest BCUT2D eigenvalue weighted by molar-refractivity contribution is -0.138. The van der Waals surface area contributed by atoms with E-state index < -0.39 is 21.8 Å². The fourth-order valence-electron chi connectivity index (χ4n) is 3.77. The lowest BCUT2D eigenvalue weighted by Crippen LogP contribution is -2.38. The van der Waals surface area contributed by atoms with Crippen LogP contribution in [-0.2, 0) is 14.6 Å². The average molecular weight is 447 g/mol. The Balaban J connectivity index is 2.01. The van der Waals surface area contributed by atoms with Gasteiger partial charge >= 0.3 is 5.97 Å². The number of hydrogen-bond donors (Lipinski definition) is 1. The molecule has 8 nitrogen and oxygen atoms in total. The summed E-state index contributed by atoms with van der Waals surface area (Å²) in [5.74, 6) is -0.780. The van der Waals surface area contributed by atoms with Crippen LogP contribution in [-0.4, -0.2) is 46.8 Å². The maximum absolute atomic E-state index is 13.6. The van der Waals surface area contributed by atoms with Gasteiger partial charge in [0, 0.05) is 18.8 Å². The van der Waals surface area contributed by atoms with Gasteiger partial charge in [0.15, 0.2) is 5.82 Å². The van der Waals surface area contributed by atoms with Gasteiger partial charge in [0.2, 0.25) is 9.84 Å². The van der Waals surface area contributed by atoms with Gasteiger partial charge in [0.05, 0.1) is 16.3 Å². The molecule has 156 valence electrons. The van der Waals surface area contributed by atoms with Crippen molar-refractivity contribution in [2.45, 2.75) is 35.6 Å². The number of carbonyl (C=O) groups is 1. The summed E-state index contributed by atoms with van der Waals surface area (Å²) in [5.41, 5.74) is 0.775. The zero-order valence-corrected chi connectivity index (χ0v) is 17.6. The second-order valence-electron chi connectivity index (χ2n) is 6.99. The number of anilines is 1. The molecule has 1 atom stereocenters. The van der Waals surface area contributed by atoms with E-state index in [1.54, 1.807) is 42.2 Å². The summed E-state index contributed by atoms with van der Waals surface area (Å²) in [6, 6.07) is 10.4. The molecule has 1 aliphatic rings. The quantitative estimate of drug-likeness (QED) is 0.600.